The van der Waals surface area contributed by atoms with Gasteiger partial charge in [0.1, 0.15) is 10.9 Å². The van der Waals surface area contributed by atoms with Crippen molar-refractivity contribution in [3.8, 4) is 0 Å². The average molecular weight is 494 g/mol. The Morgan fingerprint density at radius 2 is 1.83 bits per heavy atom. The fourth-order valence-electron chi connectivity index (χ4n) is 2.40. The molecule has 2 aromatic rings. The first kappa shape index (κ1) is 24.4. The molecule has 1 amide bonds. The molecule has 0 aliphatic carbocycles. The predicted octanol–water partition coefficient (Wildman–Crippen LogP) is 4.30. The molecule has 0 spiro atoms. The topological polar surface area (TPSA) is 75.3 Å². The number of carbonyl (C=O) groups is 1. The van der Waals surface area contributed by atoms with Crippen LogP contribution >= 0.6 is 46.7 Å². The van der Waals surface area contributed by atoms with Gasteiger partial charge in [-0.2, -0.15) is 16.5 Å². The molecule has 2 N–H and O–H groups in total. The summed E-state index contributed by atoms with van der Waals surface area (Å²) >= 11 is 15.1. The molecule has 2 aromatic carbocycles. The molecule has 2 rings (SSSR count). The van der Waals surface area contributed by atoms with Gasteiger partial charge in [-0.1, -0.05) is 41.4 Å². The molecule has 0 heterocycles. The van der Waals surface area contributed by atoms with E-state index in [0.29, 0.717) is 24.5 Å². The van der Waals surface area contributed by atoms with E-state index in [1.165, 1.54) is 30.0 Å². The van der Waals surface area contributed by atoms with Crippen molar-refractivity contribution in [2.45, 2.75) is 22.3 Å². The van der Waals surface area contributed by atoms with E-state index in [1.54, 1.807) is 11.8 Å². The Morgan fingerprint density at radius 3 is 2.52 bits per heavy atom. The average Bonchev–Trinajstić information content (AvgIpc) is 2.70. The molecule has 0 aliphatic heterocycles. The number of thioether (sulfide) groups is 2. The highest BCUT2D eigenvalue weighted by atomic mass is 35.5. The molecule has 0 bridgehead atoms. The molecule has 0 fully saturated rings. The standard InChI is InChI=1S/C19H22Cl2N2O3S3/c1-27-11-9-17(19(24)22-10-12-28-15-5-3-2-4-6-15)23-29(25,26)18-13-14(20)7-8-16(18)21/h2-8,13,17,23H,9-12H2,1H3,(H,22,24). The van der Waals surface area contributed by atoms with Crippen LogP contribution < -0.4 is 10.0 Å². The summed E-state index contributed by atoms with van der Waals surface area (Å²) in [5.41, 5.74) is 0. The Labute approximate surface area is 190 Å². The van der Waals surface area contributed by atoms with Crippen LogP contribution in [0.25, 0.3) is 0 Å². The molecule has 1 unspecified atom stereocenters. The van der Waals surface area contributed by atoms with Crippen LogP contribution in [0.4, 0.5) is 0 Å². The van der Waals surface area contributed by atoms with Crippen LogP contribution in [0, 0.1) is 0 Å². The van der Waals surface area contributed by atoms with Gasteiger partial charge in [0, 0.05) is 22.2 Å². The van der Waals surface area contributed by atoms with Crippen LogP contribution in [0.5, 0.6) is 0 Å². The first-order valence-electron chi connectivity index (χ1n) is 8.75. The number of hydrogen-bond acceptors (Lipinski definition) is 5. The Kier molecular flexibility index (Phi) is 10.1. The van der Waals surface area contributed by atoms with Gasteiger partial charge in [-0.25, -0.2) is 8.42 Å². The third-order valence-electron chi connectivity index (χ3n) is 3.82. The van der Waals surface area contributed by atoms with Crippen LogP contribution in [-0.4, -0.2) is 44.7 Å². The summed E-state index contributed by atoms with van der Waals surface area (Å²) in [6, 6.07) is 13.1. The summed E-state index contributed by atoms with van der Waals surface area (Å²) in [5.74, 6) is 0.940. The summed E-state index contributed by atoms with van der Waals surface area (Å²) in [6.07, 6.45) is 2.25. The molecule has 0 saturated carbocycles. The van der Waals surface area contributed by atoms with E-state index in [9.17, 15) is 13.2 Å². The van der Waals surface area contributed by atoms with Crippen LogP contribution in [0.15, 0.2) is 58.3 Å². The van der Waals surface area contributed by atoms with E-state index in [-0.39, 0.29) is 20.8 Å². The Balaban J connectivity index is 1.99. The summed E-state index contributed by atoms with van der Waals surface area (Å²) in [5, 5.41) is 3.10. The Bertz CT molecular complexity index is 912. The van der Waals surface area contributed by atoms with Gasteiger partial charge in [-0.05, 0) is 48.8 Å². The zero-order valence-corrected chi connectivity index (χ0v) is 19.7. The third-order valence-corrected chi connectivity index (χ3v) is 7.67. The number of carbonyl (C=O) groups excluding carboxylic acids is 1. The molecule has 0 saturated heterocycles. The largest absolute Gasteiger partial charge is 0.354 e. The van der Waals surface area contributed by atoms with E-state index >= 15 is 0 Å². The summed E-state index contributed by atoms with van der Waals surface area (Å²) in [4.78, 5) is 13.6. The number of sulfonamides is 1. The highest BCUT2D eigenvalue weighted by molar-refractivity contribution is 7.99. The molecule has 0 aromatic heterocycles. The fourth-order valence-corrected chi connectivity index (χ4v) is 5.65. The van der Waals surface area contributed by atoms with Gasteiger partial charge in [0.05, 0.1) is 5.02 Å². The number of rotatable bonds is 11. The van der Waals surface area contributed by atoms with Gasteiger partial charge in [-0.3, -0.25) is 4.79 Å². The lowest BCUT2D eigenvalue weighted by Gasteiger charge is -2.19. The lowest BCUT2D eigenvalue weighted by Crippen LogP contribution is -2.47. The van der Waals surface area contributed by atoms with Crippen molar-refractivity contribution >= 4 is 62.7 Å². The van der Waals surface area contributed by atoms with Gasteiger partial charge < -0.3 is 5.32 Å². The van der Waals surface area contributed by atoms with Crippen molar-refractivity contribution in [2.75, 3.05) is 24.3 Å². The number of amides is 1. The van der Waals surface area contributed by atoms with Gasteiger partial charge in [-0.15, -0.1) is 11.8 Å². The first-order valence-corrected chi connectivity index (χ1v) is 13.4. The monoisotopic (exact) mass is 492 g/mol. The van der Waals surface area contributed by atoms with Gasteiger partial charge in [0.15, 0.2) is 0 Å². The molecule has 0 radical (unpaired) electrons. The molecule has 1 atom stereocenters. The minimum absolute atomic E-state index is 0.0465. The number of benzene rings is 2. The molecular formula is C19H22Cl2N2O3S3. The van der Waals surface area contributed by atoms with E-state index in [4.69, 9.17) is 23.2 Å². The minimum atomic E-state index is -4.00. The van der Waals surface area contributed by atoms with Gasteiger partial charge in [0.25, 0.3) is 0 Å². The zero-order valence-electron chi connectivity index (χ0n) is 15.7. The number of nitrogens with one attached hydrogen (secondary N) is 2. The lowest BCUT2D eigenvalue weighted by molar-refractivity contribution is -0.122. The maximum Gasteiger partial charge on any atom is 0.242 e. The first-order chi connectivity index (χ1) is 13.8. The molecule has 5 nitrogen and oxygen atoms in total. The second kappa shape index (κ2) is 12.1. The quantitative estimate of drug-likeness (QED) is 0.361. The van der Waals surface area contributed by atoms with Gasteiger partial charge in [0.2, 0.25) is 15.9 Å². The Hall–Kier alpha value is -0.900. The molecule has 29 heavy (non-hydrogen) atoms. The molecule has 10 heteroatoms. The van der Waals surface area contributed by atoms with Crippen molar-refractivity contribution in [3.63, 3.8) is 0 Å². The van der Waals surface area contributed by atoms with Crippen molar-refractivity contribution in [2.24, 2.45) is 0 Å². The van der Waals surface area contributed by atoms with Crippen molar-refractivity contribution in [3.05, 3.63) is 58.6 Å². The van der Waals surface area contributed by atoms with E-state index in [2.05, 4.69) is 10.0 Å². The maximum atomic E-state index is 12.8. The highest BCUT2D eigenvalue weighted by Gasteiger charge is 2.27. The second-order valence-electron chi connectivity index (χ2n) is 5.98. The number of hydrogen-bond donors (Lipinski definition) is 2. The normalized spacial score (nSPS) is 12.5. The summed E-state index contributed by atoms with van der Waals surface area (Å²) in [6.45, 7) is 0.424. The Morgan fingerprint density at radius 1 is 1.10 bits per heavy atom. The number of halogens is 2. The van der Waals surface area contributed by atoms with Crippen molar-refractivity contribution < 1.29 is 13.2 Å². The summed E-state index contributed by atoms with van der Waals surface area (Å²) < 4.78 is 28.0. The SMILES string of the molecule is CSCCC(NS(=O)(=O)c1cc(Cl)ccc1Cl)C(=O)NCCSc1ccccc1. The minimum Gasteiger partial charge on any atom is -0.354 e. The third kappa shape index (κ3) is 8.03. The van der Waals surface area contributed by atoms with Crippen LogP contribution in [0.3, 0.4) is 0 Å². The molecular weight excluding hydrogens is 471 g/mol. The maximum absolute atomic E-state index is 12.8. The van der Waals surface area contributed by atoms with Crippen molar-refractivity contribution in [1.29, 1.82) is 0 Å². The predicted molar refractivity (Wildman–Crippen MR) is 124 cm³/mol. The molecule has 0 aliphatic rings. The van der Waals surface area contributed by atoms with E-state index in [1.807, 2.05) is 36.6 Å². The van der Waals surface area contributed by atoms with Crippen LogP contribution in [-0.2, 0) is 14.8 Å². The van der Waals surface area contributed by atoms with Crippen LogP contribution in [0.1, 0.15) is 6.42 Å². The lowest BCUT2D eigenvalue weighted by atomic mass is 10.2. The zero-order chi connectivity index (χ0) is 21.3. The van der Waals surface area contributed by atoms with Crippen molar-refractivity contribution in [1.82, 2.24) is 10.0 Å². The van der Waals surface area contributed by atoms with E-state index < -0.39 is 16.1 Å². The smallest absolute Gasteiger partial charge is 0.242 e. The summed E-state index contributed by atoms with van der Waals surface area (Å²) in [7, 11) is -4.00. The highest BCUT2D eigenvalue weighted by Crippen LogP contribution is 2.25. The van der Waals surface area contributed by atoms with Gasteiger partial charge >= 0.3 is 0 Å². The fraction of sp³-hybridized carbons (Fsp3) is 0.316. The van der Waals surface area contributed by atoms with Crippen LogP contribution in [0.2, 0.25) is 10.0 Å². The second-order valence-corrected chi connectivity index (χ2v) is 10.7. The van der Waals surface area contributed by atoms with E-state index in [0.717, 1.165) is 4.90 Å². The molecule has 158 valence electrons.